The molecule has 0 saturated carbocycles. The summed E-state index contributed by atoms with van der Waals surface area (Å²) in [4.78, 5) is 0. The summed E-state index contributed by atoms with van der Waals surface area (Å²) in [6.45, 7) is 11.8. The van der Waals surface area contributed by atoms with Gasteiger partial charge in [0.2, 0.25) is 0 Å². The molecule has 1 aromatic heterocycles. The van der Waals surface area contributed by atoms with Crippen molar-refractivity contribution in [1.29, 1.82) is 0 Å². The molecule has 2 heteroatoms. The van der Waals surface area contributed by atoms with E-state index in [0.717, 1.165) is 22.8 Å². The minimum atomic E-state index is 0.837. The molecule has 2 aromatic rings. The summed E-state index contributed by atoms with van der Waals surface area (Å²) < 4.78 is 7.77. The van der Waals surface area contributed by atoms with E-state index in [1.165, 1.54) is 11.1 Å². The van der Waals surface area contributed by atoms with Crippen LogP contribution >= 0.6 is 0 Å². The Morgan fingerprint density at radius 1 is 0.913 bits per heavy atom. The van der Waals surface area contributed by atoms with Crippen molar-refractivity contribution < 1.29 is 4.74 Å². The van der Waals surface area contributed by atoms with Crippen molar-refractivity contribution in [2.24, 2.45) is 0 Å². The van der Waals surface area contributed by atoms with Crippen LogP contribution in [-0.2, 0) is 0 Å². The molecule has 1 aromatic carbocycles. The smallest absolute Gasteiger partial charge is 0.142 e. The maximum atomic E-state index is 5.56. The molecule has 2 rings (SSSR count). The summed E-state index contributed by atoms with van der Waals surface area (Å²) in [5, 5.41) is 0. The zero-order valence-electron chi connectivity index (χ0n) is 14.0. The molecule has 0 N–H and O–H groups in total. The van der Waals surface area contributed by atoms with Gasteiger partial charge in [0.1, 0.15) is 5.75 Å². The van der Waals surface area contributed by atoms with Crippen LogP contribution in [0.2, 0.25) is 0 Å². The zero-order valence-corrected chi connectivity index (χ0v) is 14.0. The van der Waals surface area contributed by atoms with Gasteiger partial charge in [0.25, 0.3) is 0 Å². The number of para-hydroxylation sites is 2. The Kier molecular flexibility index (Phi) is 5.42. The average Bonchev–Trinajstić information content (AvgIpc) is 2.82. The van der Waals surface area contributed by atoms with Crippen LogP contribution in [0.15, 0.2) is 61.7 Å². The summed E-state index contributed by atoms with van der Waals surface area (Å²) in [6, 6.07) is 8.03. The standard InChI is InChI=1S/C21H23NO/c1-6-8-12-18-16(3)17(4)19(13-9-7-2)22(18)20-14-10-11-15-21(20)23-5/h6-15H,1-2H2,3-5H3/b12-8-,13-9-. The quantitative estimate of drug-likeness (QED) is 0.643. The van der Waals surface area contributed by atoms with Gasteiger partial charge in [-0.05, 0) is 49.3 Å². The summed E-state index contributed by atoms with van der Waals surface area (Å²) in [5.41, 5.74) is 5.72. The fourth-order valence-electron chi connectivity index (χ4n) is 2.64. The van der Waals surface area contributed by atoms with E-state index in [-0.39, 0.29) is 0 Å². The van der Waals surface area contributed by atoms with Crippen LogP contribution in [0.5, 0.6) is 5.75 Å². The number of benzene rings is 1. The average molecular weight is 305 g/mol. The Balaban J connectivity index is 2.84. The molecular formula is C21H23NO. The molecule has 0 aliphatic carbocycles. The van der Waals surface area contributed by atoms with Gasteiger partial charge in [-0.3, -0.25) is 0 Å². The molecule has 0 atom stereocenters. The zero-order chi connectivity index (χ0) is 16.8. The molecule has 0 bridgehead atoms. The van der Waals surface area contributed by atoms with Gasteiger partial charge in [0, 0.05) is 11.4 Å². The van der Waals surface area contributed by atoms with Crippen molar-refractivity contribution in [2.75, 3.05) is 7.11 Å². The minimum Gasteiger partial charge on any atom is -0.495 e. The van der Waals surface area contributed by atoms with E-state index in [1.54, 1.807) is 19.3 Å². The topological polar surface area (TPSA) is 14.2 Å². The molecule has 0 fully saturated rings. The third kappa shape index (κ3) is 3.21. The Bertz CT molecular complexity index is 734. The van der Waals surface area contributed by atoms with Gasteiger partial charge in [-0.25, -0.2) is 0 Å². The Morgan fingerprint density at radius 2 is 1.43 bits per heavy atom. The van der Waals surface area contributed by atoms with Crippen LogP contribution in [0, 0.1) is 13.8 Å². The fourth-order valence-corrected chi connectivity index (χ4v) is 2.64. The number of allylic oxidation sites excluding steroid dienone is 4. The highest BCUT2D eigenvalue weighted by atomic mass is 16.5. The van der Waals surface area contributed by atoms with Gasteiger partial charge in [-0.15, -0.1) is 0 Å². The van der Waals surface area contributed by atoms with E-state index >= 15 is 0 Å². The third-order valence-electron chi connectivity index (χ3n) is 3.92. The molecule has 118 valence electrons. The predicted octanol–water partition coefficient (Wildman–Crippen LogP) is 5.50. The van der Waals surface area contributed by atoms with Crippen molar-refractivity contribution in [1.82, 2.24) is 4.57 Å². The van der Waals surface area contributed by atoms with Gasteiger partial charge in [0.15, 0.2) is 0 Å². The number of hydrogen-bond acceptors (Lipinski definition) is 1. The highest BCUT2D eigenvalue weighted by Gasteiger charge is 2.17. The van der Waals surface area contributed by atoms with Crippen molar-refractivity contribution in [3.05, 3.63) is 84.2 Å². The minimum absolute atomic E-state index is 0.837. The molecular weight excluding hydrogens is 282 g/mol. The van der Waals surface area contributed by atoms with Crippen LogP contribution in [-0.4, -0.2) is 11.7 Å². The van der Waals surface area contributed by atoms with Gasteiger partial charge < -0.3 is 9.30 Å². The van der Waals surface area contributed by atoms with Crippen molar-refractivity contribution >= 4 is 12.2 Å². The number of aromatic nitrogens is 1. The maximum absolute atomic E-state index is 5.56. The molecule has 0 aliphatic heterocycles. The van der Waals surface area contributed by atoms with E-state index in [0.29, 0.717) is 0 Å². The molecule has 2 nitrogen and oxygen atoms in total. The maximum Gasteiger partial charge on any atom is 0.142 e. The van der Waals surface area contributed by atoms with E-state index in [9.17, 15) is 0 Å². The summed E-state index contributed by atoms with van der Waals surface area (Å²) in [5.74, 6) is 0.837. The van der Waals surface area contributed by atoms with Crippen molar-refractivity contribution in [3.63, 3.8) is 0 Å². The highest BCUT2D eigenvalue weighted by Crippen LogP contribution is 2.32. The molecule has 0 spiro atoms. The number of rotatable bonds is 6. The van der Waals surface area contributed by atoms with Crippen LogP contribution in [0.4, 0.5) is 0 Å². The lowest BCUT2D eigenvalue weighted by Crippen LogP contribution is -2.02. The summed E-state index contributed by atoms with van der Waals surface area (Å²) in [6.07, 6.45) is 11.6. The molecule has 0 radical (unpaired) electrons. The van der Waals surface area contributed by atoms with Crippen molar-refractivity contribution in [2.45, 2.75) is 13.8 Å². The fraction of sp³-hybridized carbons (Fsp3) is 0.143. The van der Waals surface area contributed by atoms with E-state index in [1.807, 2.05) is 30.4 Å². The second kappa shape index (κ2) is 7.50. The molecule has 0 aliphatic rings. The Morgan fingerprint density at radius 3 is 1.91 bits per heavy atom. The molecule has 0 unspecified atom stereocenters. The molecule has 0 amide bonds. The van der Waals surface area contributed by atoms with E-state index in [2.05, 4.69) is 49.8 Å². The Hall–Kier alpha value is -2.74. The van der Waals surface area contributed by atoms with Crippen molar-refractivity contribution in [3.8, 4) is 11.4 Å². The van der Waals surface area contributed by atoms with Gasteiger partial charge in [0.05, 0.1) is 12.8 Å². The van der Waals surface area contributed by atoms with E-state index < -0.39 is 0 Å². The lowest BCUT2D eigenvalue weighted by Gasteiger charge is -2.14. The molecule has 0 saturated heterocycles. The SMILES string of the molecule is C=C/C=C\c1c(C)c(C)c(/C=C\C=C)n1-c1ccccc1OC. The highest BCUT2D eigenvalue weighted by molar-refractivity contribution is 5.68. The van der Waals surface area contributed by atoms with Gasteiger partial charge >= 0.3 is 0 Å². The monoisotopic (exact) mass is 305 g/mol. The first-order valence-corrected chi connectivity index (χ1v) is 7.59. The Labute approximate surface area is 138 Å². The number of hydrogen-bond donors (Lipinski definition) is 0. The summed E-state index contributed by atoms with van der Waals surface area (Å²) in [7, 11) is 1.69. The first-order chi connectivity index (χ1) is 11.2. The first kappa shape index (κ1) is 16.6. The van der Waals surface area contributed by atoms with E-state index in [4.69, 9.17) is 4.74 Å². The normalized spacial score (nSPS) is 11.3. The van der Waals surface area contributed by atoms with Crippen LogP contribution < -0.4 is 4.74 Å². The predicted molar refractivity (Wildman–Crippen MR) is 100 cm³/mol. The first-order valence-electron chi connectivity index (χ1n) is 7.59. The van der Waals surface area contributed by atoms with Crippen LogP contribution in [0.3, 0.4) is 0 Å². The number of methoxy groups -OCH3 is 1. The number of nitrogens with zero attached hydrogens (tertiary/aromatic N) is 1. The second-order valence-electron chi connectivity index (χ2n) is 5.22. The third-order valence-corrected chi connectivity index (χ3v) is 3.92. The van der Waals surface area contributed by atoms with Gasteiger partial charge in [-0.1, -0.05) is 49.6 Å². The molecule has 1 heterocycles. The van der Waals surface area contributed by atoms with Gasteiger partial charge in [-0.2, -0.15) is 0 Å². The number of ether oxygens (including phenoxy) is 1. The largest absolute Gasteiger partial charge is 0.495 e. The van der Waals surface area contributed by atoms with Crippen LogP contribution in [0.25, 0.3) is 17.8 Å². The molecule has 23 heavy (non-hydrogen) atoms. The van der Waals surface area contributed by atoms with Crippen LogP contribution in [0.1, 0.15) is 22.5 Å². The lowest BCUT2D eigenvalue weighted by molar-refractivity contribution is 0.413. The summed E-state index contributed by atoms with van der Waals surface area (Å²) >= 11 is 0. The second-order valence-corrected chi connectivity index (χ2v) is 5.22. The lowest BCUT2D eigenvalue weighted by atomic mass is 10.1.